The van der Waals surface area contributed by atoms with Crippen molar-refractivity contribution in [2.45, 2.75) is 31.7 Å². The van der Waals surface area contributed by atoms with Gasteiger partial charge in [-0.05, 0) is 25.0 Å². The highest BCUT2D eigenvalue weighted by molar-refractivity contribution is 5.98. The van der Waals surface area contributed by atoms with Crippen LogP contribution in [0.4, 0.5) is 5.69 Å². The van der Waals surface area contributed by atoms with Crippen LogP contribution < -0.4 is 15.8 Å². The zero-order chi connectivity index (χ0) is 15.2. The Kier molecular flexibility index (Phi) is 5.03. The van der Waals surface area contributed by atoms with E-state index < -0.39 is 5.97 Å². The molecule has 1 amide bonds. The third-order valence-corrected chi connectivity index (χ3v) is 3.53. The van der Waals surface area contributed by atoms with Gasteiger partial charge >= 0.3 is 5.97 Å². The molecule has 1 saturated carbocycles. The van der Waals surface area contributed by atoms with Crippen molar-refractivity contribution in [1.29, 1.82) is 0 Å². The summed E-state index contributed by atoms with van der Waals surface area (Å²) < 4.78 is 10.1. The van der Waals surface area contributed by atoms with Gasteiger partial charge in [0.1, 0.15) is 11.3 Å². The standard InChI is InChI=1S/C15H20N2O4/c1-20-15(19)14-11(16)7-4-8-12(14)21-9-13(18)17-10-5-2-3-6-10/h4,7-8,10H,2-3,5-6,9,16H2,1H3,(H,17,18). The number of nitrogens with two attached hydrogens (primary N) is 1. The smallest absolute Gasteiger partial charge is 0.343 e. The third-order valence-electron chi connectivity index (χ3n) is 3.53. The van der Waals surface area contributed by atoms with E-state index in [1.807, 2.05) is 0 Å². The van der Waals surface area contributed by atoms with E-state index in [0.29, 0.717) is 0 Å². The van der Waals surface area contributed by atoms with E-state index in [-0.39, 0.29) is 35.6 Å². The number of rotatable bonds is 5. The highest BCUT2D eigenvalue weighted by atomic mass is 16.5. The van der Waals surface area contributed by atoms with Crippen molar-refractivity contribution in [2.75, 3.05) is 19.5 Å². The van der Waals surface area contributed by atoms with Crippen molar-refractivity contribution in [3.8, 4) is 5.75 Å². The van der Waals surface area contributed by atoms with E-state index in [0.717, 1.165) is 25.7 Å². The highest BCUT2D eigenvalue weighted by Crippen LogP contribution is 2.25. The van der Waals surface area contributed by atoms with Gasteiger partial charge in [0.2, 0.25) is 0 Å². The van der Waals surface area contributed by atoms with Crippen LogP contribution >= 0.6 is 0 Å². The van der Waals surface area contributed by atoms with E-state index in [9.17, 15) is 9.59 Å². The average Bonchev–Trinajstić information content (AvgIpc) is 2.97. The largest absolute Gasteiger partial charge is 0.483 e. The van der Waals surface area contributed by atoms with E-state index in [2.05, 4.69) is 10.1 Å². The summed E-state index contributed by atoms with van der Waals surface area (Å²) >= 11 is 0. The molecule has 1 aromatic carbocycles. The van der Waals surface area contributed by atoms with Crippen molar-refractivity contribution in [3.05, 3.63) is 23.8 Å². The predicted octanol–water partition coefficient (Wildman–Crippen LogP) is 1.49. The fourth-order valence-corrected chi connectivity index (χ4v) is 2.47. The predicted molar refractivity (Wildman–Crippen MR) is 78.1 cm³/mol. The zero-order valence-corrected chi connectivity index (χ0v) is 12.1. The molecule has 0 spiro atoms. The van der Waals surface area contributed by atoms with Crippen LogP contribution in [-0.4, -0.2) is 31.6 Å². The van der Waals surface area contributed by atoms with Crippen molar-refractivity contribution in [3.63, 3.8) is 0 Å². The molecule has 0 bridgehead atoms. The van der Waals surface area contributed by atoms with Crippen LogP contribution in [0.1, 0.15) is 36.0 Å². The van der Waals surface area contributed by atoms with Gasteiger partial charge in [0, 0.05) is 11.7 Å². The van der Waals surface area contributed by atoms with E-state index in [1.54, 1.807) is 18.2 Å². The van der Waals surface area contributed by atoms with Crippen molar-refractivity contribution < 1.29 is 19.1 Å². The van der Waals surface area contributed by atoms with Gasteiger partial charge in [-0.25, -0.2) is 4.79 Å². The number of anilines is 1. The molecule has 3 N–H and O–H groups in total. The summed E-state index contributed by atoms with van der Waals surface area (Å²) in [5.41, 5.74) is 6.16. The Morgan fingerprint density at radius 1 is 1.33 bits per heavy atom. The highest BCUT2D eigenvalue weighted by Gasteiger charge is 2.19. The van der Waals surface area contributed by atoms with Gasteiger partial charge in [-0.2, -0.15) is 0 Å². The van der Waals surface area contributed by atoms with Crippen LogP contribution in [0, 0.1) is 0 Å². The summed E-state index contributed by atoms with van der Waals surface area (Å²) in [7, 11) is 1.27. The average molecular weight is 292 g/mol. The van der Waals surface area contributed by atoms with Crippen LogP contribution in [0.2, 0.25) is 0 Å². The molecule has 1 aromatic rings. The molecule has 1 fully saturated rings. The first-order valence-corrected chi connectivity index (χ1v) is 7.00. The second-order valence-electron chi connectivity index (χ2n) is 5.05. The second kappa shape index (κ2) is 6.97. The maximum absolute atomic E-state index is 11.8. The molecule has 0 heterocycles. The monoisotopic (exact) mass is 292 g/mol. The number of hydrogen-bond acceptors (Lipinski definition) is 5. The third kappa shape index (κ3) is 3.87. The normalized spacial score (nSPS) is 14.7. The molecule has 1 aliphatic rings. The SMILES string of the molecule is COC(=O)c1c(N)cccc1OCC(=O)NC1CCCC1. The molecule has 1 aliphatic carbocycles. The van der Waals surface area contributed by atoms with E-state index in [4.69, 9.17) is 10.5 Å². The number of nitrogen functional groups attached to an aromatic ring is 1. The maximum atomic E-state index is 11.8. The number of carbonyl (C=O) groups excluding carboxylic acids is 2. The molecule has 0 atom stereocenters. The molecule has 2 rings (SSSR count). The number of ether oxygens (including phenoxy) is 2. The Bertz CT molecular complexity index is 524. The minimum absolute atomic E-state index is 0.147. The van der Waals surface area contributed by atoms with Gasteiger partial charge in [-0.3, -0.25) is 4.79 Å². The first-order valence-electron chi connectivity index (χ1n) is 7.00. The van der Waals surface area contributed by atoms with Gasteiger partial charge in [0.15, 0.2) is 6.61 Å². The van der Waals surface area contributed by atoms with Crippen molar-refractivity contribution >= 4 is 17.6 Å². The molecule has 114 valence electrons. The molecule has 0 unspecified atom stereocenters. The summed E-state index contributed by atoms with van der Waals surface area (Å²) in [4.78, 5) is 23.5. The van der Waals surface area contributed by atoms with Crippen molar-refractivity contribution in [2.24, 2.45) is 0 Å². The number of nitrogens with one attached hydrogen (secondary N) is 1. The number of amides is 1. The molecule has 21 heavy (non-hydrogen) atoms. The number of hydrogen-bond donors (Lipinski definition) is 2. The van der Waals surface area contributed by atoms with Gasteiger partial charge < -0.3 is 20.5 Å². The summed E-state index contributed by atoms with van der Waals surface area (Å²) in [5.74, 6) is -0.525. The van der Waals surface area contributed by atoms with E-state index >= 15 is 0 Å². The molecule has 6 heteroatoms. The number of carbonyl (C=O) groups is 2. The minimum Gasteiger partial charge on any atom is -0.483 e. The number of benzene rings is 1. The zero-order valence-electron chi connectivity index (χ0n) is 12.1. The van der Waals surface area contributed by atoms with Gasteiger partial charge in [0.05, 0.1) is 7.11 Å². The Morgan fingerprint density at radius 2 is 2.05 bits per heavy atom. The molecule has 0 saturated heterocycles. The van der Waals surface area contributed by atoms with Crippen molar-refractivity contribution in [1.82, 2.24) is 5.32 Å². The molecule has 0 aliphatic heterocycles. The Balaban J connectivity index is 1.97. The van der Waals surface area contributed by atoms with Gasteiger partial charge in [-0.15, -0.1) is 0 Å². The molecule has 6 nitrogen and oxygen atoms in total. The van der Waals surface area contributed by atoms with Crippen LogP contribution in [0.3, 0.4) is 0 Å². The summed E-state index contributed by atoms with van der Waals surface area (Å²) in [6.07, 6.45) is 4.32. The van der Waals surface area contributed by atoms with Gasteiger partial charge in [-0.1, -0.05) is 18.9 Å². The molecule has 0 radical (unpaired) electrons. The van der Waals surface area contributed by atoms with E-state index in [1.165, 1.54) is 7.11 Å². The Morgan fingerprint density at radius 3 is 2.71 bits per heavy atom. The molecular formula is C15H20N2O4. The summed E-state index contributed by atoms with van der Waals surface area (Å²) in [5, 5.41) is 2.92. The summed E-state index contributed by atoms with van der Waals surface area (Å²) in [6.45, 7) is -0.149. The van der Waals surface area contributed by atoms with Crippen LogP contribution in [-0.2, 0) is 9.53 Å². The fraction of sp³-hybridized carbons (Fsp3) is 0.467. The topological polar surface area (TPSA) is 90.7 Å². The Labute approximate surface area is 123 Å². The second-order valence-corrected chi connectivity index (χ2v) is 5.05. The van der Waals surface area contributed by atoms with Gasteiger partial charge in [0.25, 0.3) is 5.91 Å². The van der Waals surface area contributed by atoms with Crippen LogP contribution in [0.5, 0.6) is 5.75 Å². The number of methoxy groups -OCH3 is 1. The minimum atomic E-state index is -0.584. The summed E-state index contributed by atoms with van der Waals surface area (Å²) in [6, 6.07) is 5.07. The first-order chi connectivity index (χ1) is 10.1. The molecular weight excluding hydrogens is 272 g/mol. The lowest BCUT2D eigenvalue weighted by molar-refractivity contribution is -0.123. The lowest BCUT2D eigenvalue weighted by Crippen LogP contribution is -2.36. The maximum Gasteiger partial charge on any atom is 0.343 e. The molecule has 0 aromatic heterocycles. The van der Waals surface area contributed by atoms with Crippen LogP contribution in [0.25, 0.3) is 0 Å². The lowest BCUT2D eigenvalue weighted by Gasteiger charge is -2.14. The first kappa shape index (κ1) is 15.2. The lowest BCUT2D eigenvalue weighted by atomic mass is 10.1. The fourth-order valence-electron chi connectivity index (χ4n) is 2.47. The Hall–Kier alpha value is -2.24. The van der Waals surface area contributed by atoms with Crippen LogP contribution in [0.15, 0.2) is 18.2 Å². The quantitative estimate of drug-likeness (QED) is 0.634. The number of esters is 1.